The maximum Gasteiger partial charge on any atom is 0.332 e. The molecule has 1 aliphatic rings. The number of nitrogens with zero attached hydrogens (tertiary/aromatic N) is 1. The monoisotopic (exact) mass is 231 g/mol. The minimum Gasteiger partial charge on any atom is -0.479 e. The van der Waals surface area contributed by atoms with Crippen LogP contribution in [0.15, 0.2) is 4.99 Å². The average molecular weight is 231 g/mol. The van der Waals surface area contributed by atoms with Crippen molar-refractivity contribution in [2.45, 2.75) is 38.8 Å². The Hall–Kier alpha value is -0.550. The normalized spacial score (nSPS) is 26.5. The number of hydrogen-bond acceptors (Lipinski definition) is 4. The number of carboxylic acids is 1. The zero-order valence-corrected chi connectivity index (χ0v) is 10.3. The molecule has 86 valence electrons. The van der Waals surface area contributed by atoms with E-state index in [4.69, 9.17) is 9.84 Å². The van der Waals surface area contributed by atoms with Gasteiger partial charge >= 0.3 is 5.97 Å². The average Bonchev–Trinajstić information content (AvgIpc) is 2.50. The summed E-state index contributed by atoms with van der Waals surface area (Å²) in [6.45, 7) is 7.97. The lowest BCUT2D eigenvalue weighted by Crippen LogP contribution is -2.35. The summed E-state index contributed by atoms with van der Waals surface area (Å²) < 4.78 is 5.54. The molecule has 0 saturated heterocycles. The summed E-state index contributed by atoms with van der Waals surface area (Å²) in [5.74, 6) is -0.397. The molecule has 0 aliphatic carbocycles. The lowest BCUT2D eigenvalue weighted by Gasteiger charge is -2.24. The van der Waals surface area contributed by atoms with Crippen molar-refractivity contribution in [2.24, 2.45) is 4.99 Å². The number of rotatable bonds is 4. The van der Waals surface area contributed by atoms with E-state index in [0.29, 0.717) is 12.4 Å². The predicted molar refractivity (Wildman–Crippen MR) is 61.6 cm³/mol. The SMILES string of the molecule is CCOC(C)(C)C1=N[C@](C)(C(=O)O)CS1. The van der Waals surface area contributed by atoms with E-state index in [1.54, 1.807) is 6.92 Å². The van der Waals surface area contributed by atoms with Crippen LogP contribution in [-0.4, -0.2) is 39.6 Å². The highest BCUT2D eigenvalue weighted by Crippen LogP contribution is 2.34. The van der Waals surface area contributed by atoms with E-state index >= 15 is 0 Å². The van der Waals surface area contributed by atoms with Gasteiger partial charge in [0.1, 0.15) is 10.6 Å². The second-order valence-corrected chi connectivity index (χ2v) is 5.19. The number of carbonyl (C=O) groups is 1. The molecule has 0 aromatic heterocycles. The molecule has 15 heavy (non-hydrogen) atoms. The first-order chi connectivity index (χ1) is 6.82. The third-order valence-electron chi connectivity index (χ3n) is 2.32. The van der Waals surface area contributed by atoms with Gasteiger partial charge in [-0.1, -0.05) is 0 Å². The van der Waals surface area contributed by atoms with Crippen molar-refractivity contribution in [1.29, 1.82) is 0 Å². The fraction of sp³-hybridized carbons (Fsp3) is 0.800. The zero-order valence-electron chi connectivity index (χ0n) is 9.53. The topological polar surface area (TPSA) is 58.9 Å². The largest absolute Gasteiger partial charge is 0.479 e. The number of hydrogen-bond donors (Lipinski definition) is 1. The maximum atomic E-state index is 11.0. The van der Waals surface area contributed by atoms with Crippen LogP contribution < -0.4 is 0 Å². The van der Waals surface area contributed by atoms with Crippen LogP contribution in [-0.2, 0) is 9.53 Å². The number of carboxylic acid groups (broad SMARTS) is 1. The Balaban J connectivity index is 2.87. The van der Waals surface area contributed by atoms with Crippen molar-refractivity contribution >= 4 is 22.8 Å². The van der Waals surface area contributed by atoms with Gasteiger partial charge in [-0.15, -0.1) is 11.8 Å². The van der Waals surface area contributed by atoms with E-state index in [-0.39, 0.29) is 0 Å². The molecule has 1 rings (SSSR count). The van der Waals surface area contributed by atoms with Gasteiger partial charge in [-0.2, -0.15) is 0 Å². The second kappa shape index (κ2) is 4.14. The summed E-state index contributed by atoms with van der Waals surface area (Å²) in [7, 11) is 0. The summed E-state index contributed by atoms with van der Waals surface area (Å²) in [5.41, 5.74) is -1.47. The molecule has 1 N–H and O–H groups in total. The Morgan fingerprint density at radius 2 is 2.33 bits per heavy atom. The summed E-state index contributed by atoms with van der Waals surface area (Å²) in [6, 6.07) is 0. The first kappa shape index (κ1) is 12.5. The molecule has 5 heteroatoms. The second-order valence-electron chi connectivity index (χ2n) is 4.23. The van der Waals surface area contributed by atoms with Crippen LogP contribution in [0.5, 0.6) is 0 Å². The van der Waals surface area contributed by atoms with Gasteiger partial charge < -0.3 is 9.84 Å². The van der Waals surface area contributed by atoms with Crippen LogP contribution in [0.2, 0.25) is 0 Å². The van der Waals surface area contributed by atoms with Crippen molar-refractivity contribution in [3.8, 4) is 0 Å². The minimum absolute atomic E-state index is 0.480. The highest BCUT2D eigenvalue weighted by molar-refractivity contribution is 8.14. The maximum absolute atomic E-state index is 11.0. The molecule has 0 aromatic carbocycles. The van der Waals surface area contributed by atoms with E-state index in [0.717, 1.165) is 5.04 Å². The number of thioether (sulfide) groups is 1. The van der Waals surface area contributed by atoms with Crippen molar-refractivity contribution < 1.29 is 14.6 Å². The molecule has 1 aliphatic heterocycles. The van der Waals surface area contributed by atoms with Crippen molar-refractivity contribution in [1.82, 2.24) is 0 Å². The Morgan fingerprint density at radius 3 is 2.73 bits per heavy atom. The molecule has 0 spiro atoms. The van der Waals surface area contributed by atoms with E-state index in [2.05, 4.69) is 4.99 Å². The highest BCUT2D eigenvalue weighted by atomic mass is 32.2. The van der Waals surface area contributed by atoms with E-state index < -0.39 is 17.1 Å². The number of ether oxygens (including phenoxy) is 1. The molecule has 0 saturated carbocycles. The van der Waals surface area contributed by atoms with Gasteiger partial charge in [0.15, 0.2) is 5.54 Å². The van der Waals surface area contributed by atoms with Gasteiger partial charge in [-0.25, -0.2) is 4.79 Å². The van der Waals surface area contributed by atoms with Gasteiger partial charge in [-0.3, -0.25) is 4.99 Å². The Bertz CT molecular complexity index is 301. The van der Waals surface area contributed by atoms with Crippen LogP contribution in [0, 0.1) is 0 Å². The van der Waals surface area contributed by atoms with Crippen LogP contribution in [0.3, 0.4) is 0 Å². The van der Waals surface area contributed by atoms with Gasteiger partial charge in [0.05, 0.1) is 0 Å². The predicted octanol–water partition coefficient (Wildman–Crippen LogP) is 1.79. The first-order valence-electron chi connectivity index (χ1n) is 4.92. The third kappa shape index (κ3) is 2.52. The summed E-state index contributed by atoms with van der Waals surface area (Å²) in [4.78, 5) is 15.3. The van der Waals surface area contributed by atoms with Gasteiger partial charge in [0.25, 0.3) is 0 Å². The lowest BCUT2D eigenvalue weighted by atomic mass is 10.1. The van der Waals surface area contributed by atoms with Gasteiger partial charge in [-0.05, 0) is 27.7 Å². The molecule has 0 unspecified atom stereocenters. The van der Waals surface area contributed by atoms with E-state index in [1.807, 2.05) is 20.8 Å². The smallest absolute Gasteiger partial charge is 0.332 e. The molecular weight excluding hydrogens is 214 g/mol. The first-order valence-corrected chi connectivity index (χ1v) is 5.91. The van der Waals surface area contributed by atoms with Crippen LogP contribution in [0.1, 0.15) is 27.7 Å². The van der Waals surface area contributed by atoms with E-state index in [1.165, 1.54) is 11.8 Å². The fourth-order valence-corrected chi connectivity index (χ4v) is 2.62. The molecule has 1 heterocycles. The van der Waals surface area contributed by atoms with Crippen molar-refractivity contribution in [3.05, 3.63) is 0 Å². The van der Waals surface area contributed by atoms with Crippen molar-refractivity contribution in [3.63, 3.8) is 0 Å². The summed E-state index contributed by atoms with van der Waals surface area (Å²) in [6.07, 6.45) is 0. The molecule has 0 radical (unpaired) electrons. The Kier molecular flexibility index (Phi) is 3.45. The van der Waals surface area contributed by atoms with Gasteiger partial charge in [0, 0.05) is 12.4 Å². The molecule has 0 aromatic rings. The molecule has 1 atom stereocenters. The van der Waals surface area contributed by atoms with Gasteiger partial charge in [0.2, 0.25) is 0 Å². The summed E-state index contributed by atoms with van der Waals surface area (Å²) >= 11 is 1.47. The molecule has 0 amide bonds. The van der Waals surface area contributed by atoms with E-state index in [9.17, 15) is 4.79 Å². The lowest BCUT2D eigenvalue weighted by molar-refractivity contribution is -0.141. The molecule has 4 nitrogen and oxygen atoms in total. The standard InChI is InChI=1S/C10H17NO3S/c1-5-14-9(2,3)7-11-10(4,6-15-7)8(12)13/h5-6H2,1-4H3,(H,12,13)/t10-/m0/s1. The van der Waals surface area contributed by atoms with Crippen LogP contribution in [0.25, 0.3) is 0 Å². The molecule has 0 fully saturated rings. The zero-order chi connectivity index (χ0) is 11.7. The Morgan fingerprint density at radius 1 is 1.73 bits per heavy atom. The number of aliphatic imine (C=N–C) groups is 1. The Labute approximate surface area is 94.1 Å². The third-order valence-corrected chi connectivity index (χ3v) is 3.88. The quantitative estimate of drug-likeness (QED) is 0.801. The minimum atomic E-state index is -0.992. The van der Waals surface area contributed by atoms with Crippen LogP contribution >= 0.6 is 11.8 Å². The number of aliphatic carboxylic acids is 1. The molecule has 0 bridgehead atoms. The van der Waals surface area contributed by atoms with Crippen molar-refractivity contribution in [2.75, 3.05) is 12.4 Å². The highest BCUT2D eigenvalue weighted by Gasteiger charge is 2.42. The summed E-state index contributed by atoms with van der Waals surface area (Å²) in [5, 5.41) is 9.80. The fourth-order valence-electron chi connectivity index (χ4n) is 1.34. The van der Waals surface area contributed by atoms with Crippen LogP contribution in [0.4, 0.5) is 0 Å². The molecular formula is C10H17NO3S.